The SMILES string of the molecule is Cc1cnccc1C(=O)[N-]c1nc(C)c(-c2cccc(C(F)(F)F)c2)s1.[Na+]. The average Bonchev–Trinajstić information content (AvgIpc) is 2.95. The predicted molar refractivity (Wildman–Crippen MR) is 93.6 cm³/mol. The van der Waals surface area contributed by atoms with Crippen molar-refractivity contribution in [3.8, 4) is 10.4 Å². The molecule has 0 spiro atoms. The summed E-state index contributed by atoms with van der Waals surface area (Å²) in [6, 6.07) is 6.57. The topological polar surface area (TPSA) is 57.0 Å². The van der Waals surface area contributed by atoms with Crippen LogP contribution in [0.3, 0.4) is 0 Å². The number of halogens is 3. The summed E-state index contributed by atoms with van der Waals surface area (Å²) >= 11 is 1.08. The van der Waals surface area contributed by atoms with Gasteiger partial charge in [0.15, 0.2) is 5.91 Å². The summed E-state index contributed by atoms with van der Waals surface area (Å²) in [5.74, 6) is -0.464. The first kappa shape index (κ1) is 21.6. The van der Waals surface area contributed by atoms with Crippen LogP contribution in [0.2, 0.25) is 0 Å². The maximum absolute atomic E-state index is 12.9. The maximum atomic E-state index is 12.9. The minimum absolute atomic E-state index is 0. The normalized spacial score (nSPS) is 11.0. The minimum Gasteiger partial charge on any atom is -0.430 e. The van der Waals surface area contributed by atoms with Crippen molar-refractivity contribution in [3.05, 3.63) is 70.4 Å². The van der Waals surface area contributed by atoms with Gasteiger partial charge >= 0.3 is 35.7 Å². The van der Waals surface area contributed by atoms with Crippen LogP contribution in [0.5, 0.6) is 0 Å². The van der Waals surface area contributed by atoms with Crippen LogP contribution in [-0.2, 0) is 6.18 Å². The Kier molecular flexibility index (Phi) is 6.80. The Morgan fingerprint density at radius 3 is 2.59 bits per heavy atom. The molecule has 1 aromatic carbocycles. The number of carbonyl (C=O) groups excluding carboxylic acids is 1. The van der Waals surface area contributed by atoms with Crippen molar-refractivity contribution in [2.24, 2.45) is 0 Å². The van der Waals surface area contributed by atoms with Gasteiger partial charge in [0.1, 0.15) is 0 Å². The molecule has 0 saturated carbocycles. The van der Waals surface area contributed by atoms with Crippen molar-refractivity contribution in [3.63, 3.8) is 0 Å². The van der Waals surface area contributed by atoms with E-state index in [-0.39, 0.29) is 34.7 Å². The van der Waals surface area contributed by atoms with Crippen LogP contribution < -0.4 is 29.6 Å². The average molecular weight is 399 g/mol. The number of nitrogens with zero attached hydrogens (tertiary/aromatic N) is 3. The molecule has 0 bridgehead atoms. The molecule has 0 radical (unpaired) electrons. The first-order valence-electron chi connectivity index (χ1n) is 7.57. The molecule has 2 aromatic heterocycles. The van der Waals surface area contributed by atoms with Crippen LogP contribution in [0.25, 0.3) is 15.8 Å². The van der Waals surface area contributed by atoms with E-state index in [1.54, 1.807) is 32.2 Å². The molecular formula is C18H13F3N3NaOS. The number of hydrogen-bond acceptors (Lipinski definition) is 4. The van der Waals surface area contributed by atoms with Gasteiger partial charge in [-0.3, -0.25) is 9.78 Å². The number of carbonyl (C=O) groups is 1. The van der Waals surface area contributed by atoms with E-state index < -0.39 is 17.6 Å². The number of thiazole rings is 1. The molecular weight excluding hydrogens is 386 g/mol. The van der Waals surface area contributed by atoms with Crippen molar-refractivity contribution in [1.82, 2.24) is 9.97 Å². The molecule has 3 rings (SSSR count). The monoisotopic (exact) mass is 399 g/mol. The fourth-order valence-corrected chi connectivity index (χ4v) is 3.33. The van der Waals surface area contributed by atoms with Gasteiger partial charge in [0.2, 0.25) is 0 Å². The third-order valence-electron chi connectivity index (χ3n) is 3.69. The molecule has 0 saturated heterocycles. The molecule has 0 aliphatic heterocycles. The second-order valence-electron chi connectivity index (χ2n) is 5.60. The zero-order valence-corrected chi connectivity index (χ0v) is 17.6. The van der Waals surface area contributed by atoms with E-state index in [2.05, 4.69) is 15.3 Å². The van der Waals surface area contributed by atoms with E-state index in [4.69, 9.17) is 0 Å². The van der Waals surface area contributed by atoms with Gasteiger partial charge in [0.25, 0.3) is 0 Å². The van der Waals surface area contributed by atoms with Gasteiger partial charge < -0.3 is 10.3 Å². The quantitative estimate of drug-likeness (QED) is 0.637. The number of alkyl halides is 3. The third kappa shape index (κ3) is 4.95. The molecule has 2 heterocycles. The molecule has 0 fully saturated rings. The zero-order valence-electron chi connectivity index (χ0n) is 14.8. The molecule has 27 heavy (non-hydrogen) atoms. The van der Waals surface area contributed by atoms with Crippen LogP contribution in [0.15, 0.2) is 42.7 Å². The summed E-state index contributed by atoms with van der Waals surface area (Å²) in [4.78, 5) is 21.0. The smallest absolute Gasteiger partial charge is 0.430 e. The maximum Gasteiger partial charge on any atom is 1.00 e. The molecule has 0 atom stereocenters. The number of amides is 1. The summed E-state index contributed by atoms with van der Waals surface area (Å²) in [6.45, 7) is 3.42. The molecule has 3 aromatic rings. The van der Waals surface area contributed by atoms with Gasteiger partial charge in [-0.05, 0) is 48.9 Å². The Hall–Kier alpha value is -1.74. The molecule has 0 unspecified atom stereocenters. The molecule has 0 aliphatic carbocycles. The molecule has 0 N–H and O–H groups in total. The summed E-state index contributed by atoms with van der Waals surface area (Å²) in [5, 5.41) is 4.19. The Balaban J connectivity index is 0.00000261. The number of benzene rings is 1. The Bertz CT molecular complexity index is 972. The van der Waals surface area contributed by atoms with E-state index in [0.29, 0.717) is 27.3 Å². The Labute approximate surface area is 180 Å². The number of hydrogen-bond donors (Lipinski definition) is 0. The number of aryl methyl sites for hydroxylation is 2. The van der Waals surface area contributed by atoms with Crippen molar-refractivity contribution >= 4 is 22.4 Å². The molecule has 9 heteroatoms. The van der Waals surface area contributed by atoms with Crippen molar-refractivity contribution in [2.45, 2.75) is 20.0 Å². The second kappa shape index (κ2) is 8.52. The van der Waals surface area contributed by atoms with Gasteiger partial charge in [-0.2, -0.15) is 13.2 Å². The van der Waals surface area contributed by atoms with E-state index in [1.165, 1.54) is 12.3 Å². The number of aromatic nitrogens is 2. The van der Waals surface area contributed by atoms with Crippen LogP contribution in [0, 0.1) is 13.8 Å². The first-order valence-corrected chi connectivity index (χ1v) is 8.39. The van der Waals surface area contributed by atoms with Crippen molar-refractivity contribution in [2.75, 3.05) is 0 Å². The van der Waals surface area contributed by atoms with E-state index in [0.717, 1.165) is 23.5 Å². The fraction of sp³-hybridized carbons (Fsp3) is 0.167. The predicted octanol–water partition coefficient (Wildman–Crippen LogP) is 2.69. The largest absolute Gasteiger partial charge is 1.00 e. The zero-order chi connectivity index (χ0) is 18.9. The van der Waals surface area contributed by atoms with Gasteiger partial charge in [0.05, 0.1) is 5.56 Å². The Morgan fingerprint density at radius 1 is 1.19 bits per heavy atom. The van der Waals surface area contributed by atoms with Gasteiger partial charge in [-0.1, -0.05) is 12.1 Å². The fourth-order valence-electron chi connectivity index (χ4n) is 2.40. The summed E-state index contributed by atoms with van der Waals surface area (Å²) in [7, 11) is 0. The Morgan fingerprint density at radius 2 is 1.93 bits per heavy atom. The van der Waals surface area contributed by atoms with Crippen LogP contribution in [0.4, 0.5) is 18.3 Å². The van der Waals surface area contributed by atoms with Crippen LogP contribution >= 0.6 is 11.3 Å². The molecule has 134 valence electrons. The molecule has 4 nitrogen and oxygen atoms in total. The third-order valence-corrected chi connectivity index (χ3v) is 4.79. The number of pyridine rings is 1. The minimum atomic E-state index is -4.42. The first-order chi connectivity index (χ1) is 12.3. The summed E-state index contributed by atoms with van der Waals surface area (Å²) in [6.07, 6.45) is -1.36. The van der Waals surface area contributed by atoms with E-state index >= 15 is 0 Å². The van der Waals surface area contributed by atoms with Gasteiger partial charge in [0, 0.05) is 28.0 Å². The summed E-state index contributed by atoms with van der Waals surface area (Å²) in [5.41, 5.74) is 1.28. The number of rotatable bonds is 3. The van der Waals surface area contributed by atoms with E-state index in [1.807, 2.05) is 0 Å². The molecule has 1 amide bonds. The van der Waals surface area contributed by atoms with Gasteiger partial charge in [-0.25, -0.2) is 0 Å². The second-order valence-corrected chi connectivity index (χ2v) is 6.57. The van der Waals surface area contributed by atoms with Crippen molar-refractivity contribution in [1.29, 1.82) is 0 Å². The van der Waals surface area contributed by atoms with Crippen LogP contribution in [-0.4, -0.2) is 15.9 Å². The molecule has 0 aliphatic rings. The standard InChI is InChI=1S/C18H14F3N3OS.Na/c1-10-9-22-7-6-14(10)16(25)24-17-23-11(2)15(26-17)12-4-3-5-13(8-12)18(19,20)21;/h3-9H,1-2H3,(H,23,24,25);/q;+1/p-1. The van der Waals surface area contributed by atoms with E-state index in [9.17, 15) is 18.0 Å². The summed E-state index contributed by atoms with van der Waals surface area (Å²) < 4.78 is 38.7. The van der Waals surface area contributed by atoms with Crippen LogP contribution in [0.1, 0.15) is 27.2 Å². The van der Waals surface area contributed by atoms with Gasteiger partial charge in [-0.15, -0.1) is 11.3 Å². The van der Waals surface area contributed by atoms with Crippen molar-refractivity contribution < 1.29 is 47.5 Å².